The molecule has 0 radical (unpaired) electrons. The number of para-hydroxylation sites is 1. The van der Waals surface area contributed by atoms with Gasteiger partial charge in [-0.1, -0.05) is 19.4 Å². The number of hydrogen-bond acceptors (Lipinski definition) is 4. The van der Waals surface area contributed by atoms with Crippen LogP contribution in [-0.4, -0.2) is 48.6 Å². The lowest BCUT2D eigenvalue weighted by Crippen LogP contribution is -2.61. The Morgan fingerprint density at radius 2 is 2.04 bits per heavy atom. The van der Waals surface area contributed by atoms with Crippen LogP contribution in [0.1, 0.15) is 56.3 Å². The van der Waals surface area contributed by atoms with Crippen molar-refractivity contribution in [3.8, 4) is 11.5 Å². The van der Waals surface area contributed by atoms with E-state index in [1.54, 1.807) is 23.1 Å². The van der Waals surface area contributed by atoms with E-state index < -0.39 is 5.54 Å². The number of unbranched alkanes of at least 4 members (excludes halogenated alkanes) is 1. The second-order valence-corrected chi connectivity index (χ2v) is 7.13. The molecule has 2 aliphatic rings. The molecule has 1 atom stereocenters. The number of ether oxygens (including phenoxy) is 2. The Bertz CT molecular complexity index is 676. The lowest BCUT2D eigenvalue weighted by molar-refractivity contribution is -0.133. The third-order valence-electron chi connectivity index (χ3n) is 5.24. The van der Waals surface area contributed by atoms with Crippen LogP contribution in [0.4, 0.5) is 0 Å². The van der Waals surface area contributed by atoms with Crippen molar-refractivity contribution in [2.24, 2.45) is 0 Å². The van der Waals surface area contributed by atoms with Crippen LogP contribution in [0.3, 0.4) is 0 Å². The number of nitrogens with zero attached hydrogens (tertiary/aromatic N) is 1. The van der Waals surface area contributed by atoms with Crippen LogP contribution in [-0.2, 0) is 4.79 Å². The third-order valence-corrected chi connectivity index (χ3v) is 5.24. The van der Waals surface area contributed by atoms with Crippen LogP contribution in [0, 0.1) is 0 Å². The summed E-state index contributed by atoms with van der Waals surface area (Å²) in [7, 11) is 0. The summed E-state index contributed by atoms with van der Waals surface area (Å²) >= 11 is 0. The van der Waals surface area contributed by atoms with Gasteiger partial charge in [-0.2, -0.15) is 0 Å². The maximum atomic E-state index is 13.3. The van der Waals surface area contributed by atoms with Crippen molar-refractivity contribution in [1.82, 2.24) is 10.2 Å². The summed E-state index contributed by atoms with van der Waals surface area (Å²) in [6.07, 6.45) is 4.47. The smallest absolute Gasteiger partial charge is 0.258 e. The van der Waals surface area contributed by atoms with E-state index in [2.05, 4.69) is 12.2 Å². The Hall–Kier alpha value is -2.24. The molecule has 0 aromatic heterocycles. The molecular weight excluding hydrogens is 332 g/mol. The van der Waals surface area contributed by atoms with Crippen molar-refractivity contribution >= 4 is 11.8 Å². The zero-order valence-corrected chi connectivity index (χ0v) is 15.7. The fourth-order valence-corrected chi connectivity index (χ4v) is 3.64. The Morgan fingerprint density at radius 1 is 1.23 bits per heavy atom. The second-order valence-electron chi connectivity index (χ2n) is 7.13. The quantitative estimate of drug-likeness (QED) is 0.820. The summed E-state index contributed by atoms with van der Waals surface area (Å²) in [5.74, 6) is 0.845. The molecule has 0 bridgehead atoms. The standard InChI is InChI=1S/C20H28N2O4/c1-3-4-11-21-19(24)20(2)10-5-6-12-22(20)18(23)15-8-7-9-16-17(15)26-14-13-25-16/h7-9H,3-6,10-14H2,1-2H3,(H,21,24). The molecule has 142 valence electrons. The molecule has 0 spiro atoms. The molecule has 0 saturated carbocycles. The highest BCUT2D eigenvalue weighted by Crippen LogP contribution is 2.37. The lowest BCUT2D eigenvalue weighted by Gasteiger charge is -2.43. The first-order chi connectivity index (χ1) is 12.6. The van der Waals surface area contributed by atoms with Gasteiger partial charge in [-0.3, -0.25) is 9.59 Å². The molecule has 1 fully saturated rings. The zero-order valence-electron chi connectivity index (χ0n) is 15.7. The van der Waals surface area contributed by atoms with Crippen molar-refractivity contribution in [2.45, 2.75) is 51.5 Å². The fraction of sp³-hybridized carbons (Fsp3) is 0.600. The minimum atomic E-state index is -0.832. The summed E-state index contributed by atoms with van der Waals surface area (Å²) in [6, 6.07) is 5.35. The van der Waals surface area contributed by atoms with Crippen molar-refractivity contribution in [2.75, 3.05) is 26.3 Å². The van der Waals surface area contributed by atoms with Crippen LogP contribution in [0.25, 0.3) is 0 Å². The third kappa shape index (κ3) is 3.50. The Balaban J connectivity index is 1.86. The minimum absolute atomic E-state index is 0.0685. The summed E-state index contributed by atoms with van der Waals surface area (Å²) in [6.45, 7) is 6.08. The number of amides is 2. The van der Waals surface area contributed by atoms with Crippen LogP contribution in [0.15, 0.2) is 18.2 Å². The van der Waals surface area contributed by atoms with Crippen molar-refractivity contribution in [3.63, 3.8) is 0 Å². The number of nitrogens with one attached hydrogen (secondary N) is 1. The topological polar surface area (TPSA) is 67.9 Å². The maximum Gasteiger partial charge on any atom is 0.258 e. The van der Waals surface area contributed by atoms with Gasteiger partial charge < -0.3 is 19.7 Å². The highest BCUT2D eigenvalue weighted by molar-refractivity contribution is 6.01. The van der Waals surface area contributed by atoms with Gasteiger partial charge in [0.05, 0.1) is 5.56 Å². The van der Waals surface area contributed by atoms with E-state index in [0.717, 1.165) is 25.7 Å². The summed E-state index contributed by atoms with van der Waals surface area (Å²) in [5.41, 5.74) is -0.363. The van der Waals surface area contributed by atoms with Crippen LogP contribution < -0.4 is 14.8 Å². The number of likely N-dealkylation sites (tertiary alicyclic amines) is 1. The number of carbonyl (C=O) groups is 2. The molecule has 2 heterocycles. The van der Waals surface area contributed by atoms with E-state index in [9.17, 15) is 9.59 Å². The van der Waals surface area contributed by atoms with E-state index in [1.807, 2.05) is 6.92 Å². The predicted octanol–water partition coefficient (Wildman–Crippen LogP) is 2.76. The SMILES string of the molecule is CCCCNC(=O)C1(C)CCCCN1C(=O)c1cccc2c1OCCO2. The van der Waals surface area contributed by atoms with E-state index in [4.69, 9.17) is 9.47 Å². The lowest BCUT2D eigenvalue weighted by atomic mass is 9.86. The van der Waals surface area contributed by atoms with Crippen molar-refractivity contribution in [3.05, 3.63) is 23.8 Å². The molecule has 1 unspecified atom stereocenters. The molecule has 1 aromatic rings. The van der Waals surface area contributed by atoms with Gasteiger partial charge in [0.25, 0.3) is 5.91 Å². The van der Waals surface area contributed by atoms with Crippen LogP contribution in [0.2, 0.25) is 0 Å². The number of piperidine rings is 1. The van der Waals surface area contributed by atoms with Gasteiger partial charge in [-0.25, -0.2) is 0 Å². The zero-order chi connectivity index (χ0) is 18.6. The highest BCUT2D eigenvalue weighted by atomic mass is 16.6. The molecule has 1 aromatic carbocycles. The largest absolute Gasteiger partial charge is 0.486 e. The average molecular weight is 360 g/mol. The van der Waals surface area contributed by atoms with Gasteiger partial charge in [0, 0.05) is 13.1 Å². The first-order valence-electron chi connectivity index (χ1n) is 9.57. The Morgan fingerprint density at radius 3 is 2.85 bits per heavy atom. The number of benzene rings is 1. The average Bonchev–Trinajstić information content (AvgIpc) is 2.67. The van der Waals surface area contributed by atoms with Gasteiger partial charge in [0.1, 0.15) is 18.8 Å². The first kappa shape index (κ1) is 18.5. The summed E-state index contributed by atoms with van der Waals surface area (Å²) in [5, 5.41) is 3.00. The molecule has 1 saturated heterocycles. The number of hydrogen-bond donors (Lipinski definition) is 1. The molecular formula is C20H28N2O4. The number of carbonyl (C=O) groups excluding carboxylic acids is 2. The van der Waals surface area contributed by atoms with E-state index in [0.29, 0.717) is 49.8 Å². The molecule has 2 amide bonds. The highest BCUT2D eigenvalue weighted by Gasteiger charge is 2.44. The van der Waals surface area contributed by atoms with Crippen molar-refractivity contribution < 1.29 is 19.1 Å². The predicted molar refractivity (Wildman–Crippen MR) is 98.6 cm³/mol. The molecule has 26 heavy (non-hydrogen) atoms. The monoisotopic (exact) mass is 360 g/mol. The normalized spacial score (nSPS) is 22.0. The molecule has 6 nitrogen and oxygen atoms in total. The molecule has 3 rings (SSSR count). The fourth-order valence-electron chi connectivity index (χ4n) is 3.64. The number of rotatable bonds is 5. The summed E-state index contributed by atoms with van der Waals surface area (Å²) in [4.78, 5) is 27.9. The second kappa shape index (κ2) is 7.98. The molecule has 0 aliphatic carbocycles. The molecule has 6 heteroatoms. The molecule has 1 N–H and O–H groups in total. The van der Waals surface area contributed by atoms with Gasteiger partial charge in [0.2, 0.25) is 5.91 Å². The first-order valence-corrected chi connectivity index (χ1v) is 9.57. The van der Waals surface area contributed by atoms with E-state index >= 15 is 0 Å². The van der Waals surface area contributed by atoms with Crippen molar-refractivity contribution in [1.29, 1.82) is 0 Å². The Kier molecular flexibility index (Phi) is 5.69. The summed E-state index contributed by atoms with van der Waals surface area (Å²) < 4.78 is 11.3. The van der Waals surface area contributed by atoms with E-state index in [-0.39, 0.29) is 11.8 Å². The van der Waals surface area contributed by atoms with Crippen LogP contribution in [0.5, 0.6) is 11.5 Å². The minimum Gasteiger partial charge on any atom is -0.486 e. The van der Waals surface area contributed by atoms with Crippen LogP contribution >= 0.6 is 0 Å². The molecule has 2 aliphatic heterocycles. The van der Waals surface area contributed by atoms with Gasteiger partial charge >= 0.3 is 0 Å². The van der Waals surface area contributed by atoms with Gasteiger partial charge in [0.15, 0.2) is 11.5 Å². The Labute approximate surface area is 154 Å². The number of fused-ring (bicyclic) bond motifs is 1. The van der Waals surface area contributed by atoms with Gasteiger partial charge in [-0.15, -0.1) is 0 Å². The van der Waals surface area contributed by atoms with E-state index in [1.165, 1.54) is 0 Å². The van der Waals surface area contributed by atoms with Gasteiger partial charge in [-0.05, 0) is 44.7 Å². The maximum absolute atomic E-state index is 13.3.